The Morgan fingerprint density at radius 2 is 1.68 bits per heavy atom. The minimum absolute atomic E-state index is 0.314. The Bertz CT molecular complexity index is 834. The van der Waals surface area contributed by atoms with Gasteiger partial charge in [0.25, 0.3) is 0 Å². The van der Waals surface area contributed by atoms with Gasteiger partial charge in [-0.3, -0.25) is 14.4 Å². The highest BCUT2D eigenvalue weighted by molar-refractivity contribution is 5.92. The molecule has 1 rings (SSSR count). The van der Waals surface area contributed by atoms with E-state index in [1.807, 2.05) is 19.1 Å². The first kappa shape index (κ1) is 28.9. The standard InChI is InChI=1S/C25H39N3O6/c1-7-8-9-12-15-28(20(29)16-27-24(32)34-25(3,4)5)22(19-14-11-10-13-18(19)2)23(31)26-17-21(30)33-6/h10-11,13-14,22H,7-9,12,15-17H2,1-6H3,(H,26,31)(H,27,32). The molecule has 0 aliphatic heterocycles. The summed E-state index contributed by atoms with van der Waals surface area (Å²) in [7, 11) is 1.24. The van der Waals surface area contributed by atoms with Crippen LogP contribution in [0.5, 0.6) is 0 Å². The minimum Gasteiger partial charge on any atom is -0.468 e. The number of benzene rings is 1. The second-order valence-corrected chi connectivity index (χ2v) is 9.06. The van der Waals surface area contributed by atoms with Crippen LogP contribution in [0.2, 0.25) is 0 Å². The molecule has 0 aromatic heterocycles. The Kier molecular flexibility index (Phi) is 12.1. The van der Waals surface area contributed by atoms with E-state index in [1.165, 1.54) is 12.0 Å². The van der Waals surface area contributed by atoms with E-state index in [-0.39, 0.29) is 13.1 Å². The third-order valence-electron chi connectivity index (χ3n) is 5.03. The van der Waals surface area contributed by atoms with Crippen LogP contribution in [0.4, 0.5) is 4.79 Å². The van der Waals surface area contributed by atoms with Gasteiger partial charge >= 0.3 is 12.1 Å². The molecule has 0 aliphatic rings. The molecule has 3 amide bonds. The van der Waals surface area contributed by atoms with Gasteiger partial charge in [0.1, 0.15) is 24.7 Å². The van der Waals surface area contributed by atoms with Gasteiger partial charge in [0, 0.05) is 6.54 Å². The maximum absolute atomic E-state index is 13.3. The molecule has 2 N–H and O–H groups in total. The zero-order valence-electron chi connectivity index (χ0n) is 21.2. The van der Waals surface area contributed by atoms with E-state index < -0.39 is 35.5 Å². The third kappa shape index (κ3) is 10.2. The zero-order chi connectivity index (χ0) is 25.7. The van der Waals surface area contributed by atoms with E-state index in [1.54, 1.807) is 32.9 Å². The van der Waals surface area contributed by atoms with Gasteiger partial charge in [-0.15, -0.1) is 0 Å². The summed E-state index contributed by atoms with van der Waals surface area (Å²) in [4.78, 5) is 51.7. The topological polar surface area (TPSA) is 114 Å². The van der Waals surface area contributed by atoms with Crippen molar-refractivity contribution < 1.29 is 28.7 Å². The Morgan fingerprint density at radius 3 is 2.26 bits per heavy atom. The number of hydrogen-bond donors (Lipinski definition) is 2. The first-order chi connectivity index (χ1) is 16.0. The lowest BCUT2D eigenvalue weighted by molar-refractivity contribution is -0.143. The van der Waals surface area contributed by atoms with Crippen molar-refractivity contribution in [1.82, 2.24) is 15.5 Å². The van der Waals surface area contributed by atoms with Crippen LogP contribution in [0.15, 0.2) is 24.3 Å². The number of carbonyl (C=O) groups excluding carboxylic acids is 4. The van der Waals surface area contributed by atoms with Crippen LogP contribution < -0.4 is 10.6 Å². The van der Waals surface area contributed by atoms with Crippen LogP contribution in [0.1, 0.15) is 70.5 Å². The van der Waals surface area contributed by atoms with Gasteiger partial charge in [0.15, 0.2) is 0 Å². The normalized spacial score (nSPS) is 11.8. The molecule has 0 saturated heterocycles. The smallest absolute Gasteiger partial charge is 0.408 e. The second kappa shape index (κ2) is 14.2. The predicted molar refractivity (Wildman–Crippen MR) is 129 cm³/mol. The van der Waals surface area contributed by atoms with Crippen LogP contribution in [0.3, 0.4) is 0 Å². The minimum atomic E-state index is -0.972. The number of rotatable bonds is 12. The molecular weight excluding hydrogens is 438 g/mol. The van der Waals surface area contributed by atoms with Crippen LogP contribution >= 0.6 is 0 Å². The summed E-state index contributed by atoms with van der Waals surface area (Å²) in [5, 5.41) is 5.05. The molecule has 1 unspecified atom stereocenters. The summed E-state index contributed by atoms with van der Waals surface area (Å²) >= 11 is 0. The number of amides is 3. The molecule has 0 spiro atoms. The molecule has 0 bridgehead atoms. The van der Waals surface area contributed by atoms with Crippen molar-refractivity contribution in [2.24, 2.45) is 0 Å². The lowest BCUT2D eigenvalue weighted by Crippen LogP contribution is -2.49. The highest BCUT2D eigenvalue weighted by Gasteiger charge is 2.32. The molecule has 190 valence electrons. The lowest BCUT2D eigenvalue weighted by Gasteiger charge is -2.32. The van der Waals surface area contributed by atoms with Crippen molar-refractivity contribution in [1.29, 1.82) is 0 Å². The summed E-state index contributed by atoms with van der Waals surface area (Å²) in [6, 6.07) is 6.31. The molecule has 9 nitrogen and oxygen atoms in total. The number of esters is 1. The summed E-state index contributed by atoms with van der Waals surface area (Å²) < 4.78 is 9.84. The Morgan fingerprint density at radius 1 is 1.00 bits per heavy atom. The van der Waals surface area contributed by atoms with E-state index in [0.717, 1.165) is 24.8 Å². The Balaban J connectivity index is 3.20. The first-order valence-electron chi connectivity index (χ1n) is 11.7. The van der Waals surface area contributed by atoms with Gasteiger partial charge in [-0.25, -0.2) is 4.79 Å². The summed E-state index contributed by atoms with van der Waals surface area (Å²) in [6.45, 7) is 8.82. The van der Waals surface area contributed by atoms with Crippen LogP contribution in [0, 0.1) is 6.92 Å². The number of carbonyl (C=O) groups is 4. The Hall–Kier alpha value is -3.10. The number of aryl methyl sites for hydroxylation is 1. The van der Waals surface area contributed by atoms with E-state index >= 15 is 0 Å². The number of ether oxygens (including phenoxy) is 2. The molecule has 0 saturated carbocycles. The van der Waals surface area contributed by atoms with Crippen molar-refractivity contribution in [2.45, 2.75) is 71.9 Å². The van der Waals surface area contributed by atoms with Crippen molar-refractivity contribution in [3.05, 3.63) is 35.4 Å². The van der Waals surface area contributed by atoms with Gasteiger partial charge in [-0.1, -0.05) is 50.5 Å². The van der Waals surface area contributed by atoms with Gasteiger partial charge in [-0.05, 0) is 45.2 Å². The number of unbranched alkanes of at least 4 members (excludes halogenated alkanes) is 3. The van der Waals surface area contributed by atoms with Crippen LogP contribution in [-0.4, -0.2) is 61.1 Å². The fourth-order valence-electron chi connectivity index (χ4n) is 3.34. The molecule has 1 aromatic rings. The van der Waals surface area contributed by atoms with E-state index in [4.69, 9.17) is 4.74 Å². The fraction of sp³-hybridized carbons (Fsp3) is 0.600. The Labute approximate surface area is 202 Å². The van der Waals surface area contributed by atoms with Gasteiger partial charge < -0.3 is 25.0 Å². The molecule has 0 aliphatic carbocycles. The van der Waals surface area contributed by atoms with Gasteiger partial charge in [0.05, 0.1) is 7.11 Å². The highest BCUT2D eigenvalue weighted by atomic mass is 16.6. The summed E-state index contributed by atoms with van der Waals surface area (Å²) in [5.41, 5.74) is 0.767. The van der Waals surface area contributed by atoms with Crippen LogP contribution in [-0.2, 0) is 23.9 Å². The van der Waals surface area contributed by atoms with E-state index in [0.29, 0.717) is 18.5 Å². The number of methoxy groups -OCH3 is 1. The summed E-state index contributed by atoms with van der Waals surface area (Å²) in [5.74, 6) is -1.52. The lowest BCUT2D eigenvalue weighted by atomic mass is 9.98. The zero-order valence-corrected chi connectivity index (χ0v) is 21.2. The maximum Gasteiger partial charge on any atom is 0.408 e. The quantitative estimate of drug-likeness (QED) is 0.353. The largest absolute Gasteiger partial charge is 0.468 e. The SMILES string of the molecule is CCCCCCN(C(=O)CNC(=O)OC(C)(C)C)C(C(=O)NCC(=O)OC)c1ccccc1C. The second-order valence-electron chi connectivity index (χ2n) is 9.06. The fourth-order valence-corrected chi connectivity index (χ4v) is 3.34. The third-order valence-corrected chi connectivity index (χ3v) is 5.03. The molecule has 0 radical (unpaired) electrons. The molecular formula is C25H39N3O6. The predicted octanol–water partition coefficient (Wildman–Crippen LogP) is 3.26. The monoisotopic (exact) mass is 477 g/mol. The van der Waals surface area contributed by atoms with Crippen molar-refractivity contribution in [3.8, 4) is 0 Å². The molecule has 1 atom stereocenters. The number of nitrogens with one attached hydrogen (secondary N) is 2. The maximum atomic E-state index is 13.3. The average molecular weight is 478 g/mol. The molecule has 0 heterocycles. The average Bonchev–Trinajstić information content (AvgIpc) is 2.77. The number of hydrogen-bond acceptors (Lipinski definition) is 6. The van der Waals surface area contributed by atoms with Gasteiger partial charge in [-0.2, -0.15) is 0 Å². The summed E-state index contributed by atoms with van der Waals surface area (Å²) in [6.07, 6.45) is 2.90. The number of nitrogens with zero attached hydrogens (tertiary/aromatic N) is 1. The van der Waals surface area contributed by atoms with E-state index in [2.05, 4.69) is 22.3 Å². The van der Waals surface area contributed by atoms with Gasteiger partial charge in [0.2, 0.25) is 11.8 Å². The van der Waals surface area contributed by atoms with Crippen molar-refractivity contribution >= 4 is 23.9 Å². The van der Waals surface area contributed by atoms with Crippen molar-refractivity contribution in [2.75, 3.05) is 26.7 Å². The van der Waals surface area contributed by atoms with E-state index in [9.17, 15) is 19.2 Å². The van der Waals surface area contributed by atoms with Crippen LogP contribution in [0.25, 0.3) is 0 Å². The molecule has 0 fully saturated rings. The highest BCUT2D eigenvalue weighted by Crippen LogP contribution is 2.25. The molecule has 1 aromatic carbocycles. The number of alkyl carbamates (subject to hydrolysis) is 1. The molecule has 9 heteroatoms. The van der Waals surface area contributed by atoms with Crippen molar-refractivity contribution in [3.63, 3.8) is 0 Å². The molecule has 34 heavy (non-hydrogen) atoms. The first-order valence-corrected chi connectivity index (χ1v) is 11.7.